The molecule has 6 aromatic rings. The van der Waals surface area contributed by atoms with Crippen molar-refractivity contribution < 1.29 is 9.84 Å². The first-order chi connectivity index (χ1) is 18.6. The second kappa shape index (κ2) is 9.09. The minimum Gasteiger partial charge on any atom is -0.506 e. The highest BCUT2D eigenvalue weighted by Gasteiger charge is 2.19. The van der Waals surface area contributed by atoms with Gasteiger partial charge in [-0.3, -0.25) is 4.57 Å². The van der Waals surface area contributed by atoms with E-state index in [-0.39, 0.29) is 17.1 Å². The Bertz CT molecular complexity index is 1880. The van der Waals surface area contributed by atoms with Gasteiger partial charge in [-0.05, 0) is 65.8 Å². The first-order valence-corrected chi connectivity index (χ1v) is 13.3. The lowest BCUT2D eigenvalue weighted by atomic mass is 9.85. The predicted octanol–water partition coefficient (Wildman–Crippen LogP) is 8.35. The molecule has 6 rings (SSSR count). The molecule has 0 spiro atoms. The average Bonchev–Trinajstić information content (AvgIpc) is 3.22. The third kappa shape index (κ3) is 4.36. The van der Waals surface area contributed by atoms with E-state index in [1.165, 1.54) is 0 Å². The van der Waals surface area contributed by atoms with Gasteiger partial charge in [0.2, 0.25) is 11.8 Å². The Morgan fingerprint density at radius 1 is 0.846 bits per heavy atom. The smallest absolute Gasteiger partial charge is 0.234 e. The molecule has 0 atom stereocenters. The van der Waals surface area contributed by atoms with Crippen LogP contribution in [-0.4, -0.2) is 24.6 Å². The highest BCUT2D eigenvalue weighted by Crippen LogP contribution is 2.37. The van der Waals surface area contributed by atoms with Crippen LogP contribution in [0.25, 0.3) is 38.7 Å². The van der Waals surface area contributed by atoms with Gasteiger partial charge in [0, 0.05) is 40.2 Å². The number of ether oxygens (including phenoxy) is 1. The molecule has 6 heteroatoms. The zero-order chi connectivity index (χ0) is 27.5. The molecule has 1 N–H and O–H groups in total. The molecule has 196 valence electrons. The molecule has 3 aromatic heterocycles. The van der Waals surface area contributed by atoms with E-state index in [0.29, 0.717) is 23.1 Å². The number of hydrogen-bond acceptors (Lipinski definition) is 5. The Labute approximate surface area is 227 Å². The SMILES string of the molecule is Cc1cc(Oc2ccc3c4ccccc4n(-c4nccc(C(C)C)n4)c3c2)nc2c(O)cc(C(C)(C)C)cc12. The third-order valence-corrected chi connectivity index (χ3v) is 7.27. The van der Waals surface area contributed by atoms with Crippen molar-refractivity contribution in [2.24, 2.45) is 0 Å². The molecule has 6 nitrogen and oxygen atoms in total. The van der Waals surface area contributed by atoms with Gasteiger partial charge < -0.3 is 9.84 Å². The zero-order valence-electron chi connectivity index (χ0n) is 23.1. The summed E-state index contributed by atoms with van der Waals surface area (Å²) in [4.78, 5) is 14.2. The van der Waals surface area contributed by atoms with E-state index >= 15 is 0 Å². The van der Waals surface area contributed by atoms with Crippen LogP contribution < -0.4 is 4.74 Å². The minimum atomic E-state index is -0.0838. The molecule has 0 amide bonds. The zero-order valence-corrected chi connectivity index (χ0v) is 23.1. The van der Waals surface area contributed by atoms with Crippen molar-refractivity contribution in [3.05, 3.63) is 89.7 Å². The van der Waals surface area contributed by atoms with Crippen LogP contribution in [-0.2, 0) is 5.41 Å². The van der Waals surface area contributed by atoms with Gasteiger partial charge in [-0.1, -0.05) is 52.8 Å². The maximum Gasteiger partial charge on any atom is 0.234 e. The molecule has 0 radical (unpaired) electrons. The molecule has 0 aliphatic rings. The lowest BCUT2D eigenvalue weighted by Gasteiger charge is -2.20. The topological polar surface area (TPSA) is 73.1 Å². The monoisotopic (exact) mass is 516 g/mol. The number of benzene rings is 3. The Kier molecular flexibility index (Phi) is 5.79. The number of para-hydroxylation sites is 1. The molecule has 3 aromatic carbocycles. The second-order valence-electron chi connectivity index (χ2n) is 11.5. The van der Waals surface area contributed by atoms with Crippen LogP contribution in [0.1, 0.15) is 57.4 Å². The van der Waals surface area contributed by atoms with E-state index < -0.39 is 0 Å². The van der Waals surface area contributed by atoms with Gasteiger partial charge in [0.25, 0.3) is 0 Å². The van der Waals surface area contributed by atoms with E-state index in [1.54, 1.807) is 6.07 Å². The van der Waals surface area contributed by atoms with Crippen LogP contribution in [0.5, 0.6) is 17.4 Å². The normalized spacial score (nSPS) is 12.2. The fraction of sp³-hybridized carbons (Fsp3) is 0.242. The van der Waals surface area contributed by atoms with Crippen LogP contribution in [0.15, 0.2) is 72.9 Å². The van der Waals surface area contributed by atoms with Crippen molar-refractivity contribution in [1.82, 2.24) is 19.5 Å². The summed E-state index contributed by atoms with van der Waals surface area (Å²) in [5.41, 5.74) is 5.48. The molecular formula is C33H32N4O2. The number of fused-ring (bicyclic) bond motifs is 4. The molecule has 0 saturated carbocycles. The highest BCUT2D eigenvalue weighted by atomic mass is 16.5. The number of aromatic hydroxyl groups is 1. The van der Waals surface area contributed by atoms with Gasteiger partial charge in [-0.25, -0.2) is 15.0 Å². The van der Waals surface area contributed by atoms with Gasteiger partial charge in [0.1, 0.15) is 17.0 Å². The molecule has 39 heavy (non-hydrogen) atoms. The van der Waals surface area contributed by atoms with Crippen LogP contribution in [0.4, 0.5) is 0 Å². The van der Waals surface area contributed by atoms with E-state index in [4.69, 9.17) is 9.72 Å². The molecule has 0 aliphatic heterocycles. The molecule has 0 saturated heterocycles. The molecular weight excluding hydrogens is 484 g/mol. The summed E-state index contributed by atoms with van der Waals surface area (Å²) in [6, 6.07) is 22.1. The van der Waals surface area contributed by atoms with Gasteiger partial charge in [-0.15, -0.1) is 0 Å². The Hall–Kier alpha value is -4.45. The second-order valence-corrected chi connectivity index (χ2v) is 11.5. The third-order valence-electron chi connectivity index (χ3n) is 7.27. The van der Waals surface area contributed by atoms with Crippen molar-refractivity contribution in [3.63, 3.8) is 0 Å². The quantitative estimate of drug-likeness (QED) is 0.255. The van der Waals surface area contributed by atoms with E-state index in [1.807, 2.05) is 49.5 Å². The lowest BCUT2D eigenvalue weighted by Crippen LogP contribution is -2.11. The Morgan fingerprint density at radius 2 is 1.62 bits per heavy atom. The number of pyridine rings is 1. The van der Waals surface area contributed by atoms with Crippen LogP contribution in [0.2, 0.25) is 0 Å². The summed E-state index contributed by atoms with van der Waals surface area (Å²) in [7, 11) is 0. The molecule has 0 aliphatic carbocycles. The van der Waals surface area contributed by atoms with Crippen LogP contribution in [0.3, 0.4) is 0 Å². The molecule has 0 fully saturated rings. The summed E-state index contributed by atoms with van der Waals surface area (Å²) in [6.45, 7) is 12.7. The number of aromatic nitrogens is 4. The summed E-state index contributed by atoms with van der Waals surface area (Å²) in [5, 5.41) is 14.0. The Morgan fingerprint density at radius 3 is 2.38 bits per heavy atom. The standard InChI is InChI=1S/C33H32N4O2/c1-19(2)26-13-14-34-32(35-26)37-27-10-8-7-9-23(27)24-12-11-22(18-28(24)37)39-30-15-20(3)25-16-21(33(4,5)6)17-29(38)31(25)36-30/h7-19,38H,1-6H3. The molecule has 0 unspecified atom stereocenters. The lowest BCUT2D eigenvalue weighted by molar-refractivity contribution is 0.459. The first-order valence-electron chi connectivity index (χ1n) is 13.3. The number of rotatable bonds is 4. The van der Waals surface area contributed by atoms with Crippen molar-refractivity contribution in [1.29, 1.82) is 0 Å². The van der Waals surface area contributed by atoms with Gasteiger partial charge >= 0.3 is 0 Å². The van der Waals surface area contributed by atoms with E-state index in [0.717, 1.165) is 44.0 Å². The van der Waals surface area contributed by atoms with Crippen LogP contribution >= 0.6 is 0 Å². The highest BCUT2D eigenvalue weighted by molar-refractivity contribution is 6.09. The number of hydrogen-bond donors (Lipinski definition) is 1. The molecule has 0 bridgehead atoms. The van der Waals surface area contributed by atoms with E-state index in [9.17, 15) is 5.11 Å². The molecule has 3 heterocycles. The van der Waals surface area contributed by atoms with E-state index in [2.05, 4.69) is 73.4 Å². The van der Waals surface area contributed by atoms with Crippen molar-refractivity contribution in [2.45, 2.75) is 52.9 Å². The summed E-state index contributed by atoms with van der Waals surface area (Å²) in [6.07, 6.45) is 1.82. The Balaban J connectivity index is 1.48. The predicted molar refractivity (Wildman–Crippen MR) is 157 cm³/mol. The number of aryl methyl sites for hydroxylation is 1. The van der Waals surface area contributed by atoms with Crippen LogP contribution in [0, 0.1) is 6.92 Å². The first kappa shape index (κ1) is 24.9. The minimum absolute atomic E-state index is 0.0838. The fourth-order valence-electron chi connectivity index (χ4n) is 5.07. The maximum atomic E-state index is 10.8. The van der Waals surface area contributed by atoms with Crippen molar-refractivity contribution >= 4 is 32.7 Å². The summed E-state index contributed by atoms with van der Waals surface area (Å²) in [5.74, 6) is 2.15. The van der Waals surface area contributed by atoms with Crippen molar-refractivity contribution in [3.8, 4) is 23.3 Å². The number of phenols is 1. The summed E-state index contributed by atoms with van der Waals surface area (Å²) < 4.78 is 8.39. The van der Waals surface area contributed by atoms with Gasteiger partial charge in [0.15, 0.2) is 0 Å². The van der Waals surface area contributed by atoms with Gasteiger partial charge in [-0.2, -0.15) is 0 Å². The maximum absolute atomic E-state index is 10.8. The fourth-order valence-corrected chi connectivity index (χ4v) is 5.07. The average molecular weight is 517 g/mol. The largest absolute Gasteiger partial charge is 0.506 e. The summed E-state index contributed by atoms with van der Waals surface area (Å²) >= 11 is 0. The number of nitrogens with zero attached hydrogens (tertiary/aromatic N) is 4. The number of phenolic OH excluding ortho intramolecular Hbond substituents is 1. The van der Waals surface area contributed by atoms with Gasteiger partial charge in [0.05, 0.1) is 11.0 Å². The van der Waals surface area contributed by atoms with Crippen molar-refractivity contribution in [2.75, 3.05) is 0 Å².